The summed E-state index contributed by atoms with van der Waals surface area (Å²) in [5.41, 5.74) is -1.25. The predicted octanol–water partition coefficient (Wildman–Crippen LogP) is 3.98. The molecular weight excluding hydrogens is 475 g/mol. The molecule has 0 spiro atoms. The molecule has 36 heavy (non-hydrogen) atoms. The summed E-state index contributed by atoms with van der Waals surface area (Å²) in [6, 6.07) is 4.79. The molecule has 0 unspecified atom stereocenters. The van der Waals surface area contributed by atoms with Crippen molar-refractivity contribution in [3.63, 3.8) is 0 Å². The van der Waals surface area contributed by atoms with Gasteiger partial charge in [-0.3, -0.25) is 14.2 Å². The number of carbonyl (C=O) groups is 1. The molecule has 0 aliphatic carbocycles. The highest BCUT2D eigenvalue weighted by molar-refractivity contribution is 5.87. The lowest BCUT2D eigenvalue weighted by atomic mass is 9.92. The fourth-order valence-corrected chi connectivity index (χ4v) is 4.78. The number of carbonyl (C=O) groups excluding carboxylic acids is 1. The molecule has 1 aromatic carbocycles. The Labute approximate surface area is 206 Å². The molecule has 0 bridgehead atoms. The number of benzene rings is 1. The number of likely N-dealkylation sites (tertiary alicyclic amines) is 1. The van der Waals surface area contributed by atoms with Crippen LogP contribution in [0.1, 0.15) is 55.3 Å². The first-order chi connectivity index (χ1) is 17.0. The van der Waals surface area contributed by atoms with E-state index in [0.717, 1.165) is 6.07 Å². The fraction of sp³-hybridized carbons (Fsp3) is 0.440. The number of hydrogen-bond acceptors (Lipinski definition) is 6. The van der Waals surface area contributed by atoms with E-state index in [4.69, 9.17) is 4.74 Å². The van der Waals surface area contributed by atoms with Crippen molar-refractivity contribution in [2.45, 2.75) is 45.3 Å². The zero-order valence-corrected chi connectivity index (χ0v) is 20.7. The standard InChI is InChI=1S/C25H28F3N5O3/c1-13(16-7-6-8-17(20(16)26)21(27)28)29-22-18-11-19(24(35)32(4)23(18)31-14(2)30-22)25(36-5)9-10-33(12-25)15(3)34/h6-8,11,13,21H,9-10,12H2,1-5H3,(H,29,30,31)/t13-,25+/m1/s1. The number of amides is 1. The van der Waals surface area contributed by atoms with Crippen molar-refractivity contribution in [1.29, 1.82) is 0 Å². The van der Waals surface area contributed by atoms with Crippen molar-refractivity contribution in [3.05, 3.63) is 63.0 Å². The smallest absolute Gasteiger partial charge is 0.266 e. The summed E-state index contributed by atoms with van der Waals surface area (Å²) in [6.45, 7) is 5.42. The number of alkyl halides is 2. The molecular formula is C25H28F3N5O3. The SMILES string of the molecule is CO[C@@]1(c2cc3c(N[C@H](C)c4cccc(C(F)F)c4F)nc(C)nc3n(C)c2=O)CCN(C(C)=O)C1. The third-order valence-electron chi connectivity index (χ3n) is 6.85. The van der Waals surface area contributed by atoms with Gasteiger partial charge in [-0.15, -0.1) is 0 Å². The maximum atomic E-state index is 14.8. The predicted molar refractivity (Wildman–Crippen MR) is 128 cm³/mol. The normalized spacial score (nSPS) is 18.8. The summed E-state index contributed by atoms with van der Waals surface area (Å²) in [5, 5.41) is 3.59. The topological polar surface area (TPSA) is 89.3 Å². The Bertz CT molecular complexity index is 1390. The van der Waals surface area contributed by atoms with Crippen LogP contribution in [0, 0.1) is 12.7 Å². The van der Waals surface area contributed by atoms with E-state index >= 15 is 0 Å². The van der Waals surface area contributed by atoms with Gasteiger partial charge >= 0.3 is 0 Å². The molecule has 2 aromatic heterocycles. The van der Waals surface area contributed by atoms with Crippen LogP contribution in [0.4, 0.5) is 19.0 Å². The minimum atomic E-state index is -2.94. The molecule has 1 aliphatic heterocycles. The van der Waals surface area contributed by atoms with Crippen molar-refractivity contribution >= 4 is 22.8 Å². The third-order valence-corrected chi connectivity index (χ3v) is 6.85. The molecule has 11 heteroatoms. The molecule has 8 nitrogen and oxygen atoms in total. The summed E-state index contributed by atoms with van der Waals surface area (Å²) in [5.74, 6) is -0.415. The number of nitrogens with zero attached hydrogens (tertiary/aromatic N) is 4. The average Bonchev–Trinajstić information content (AvgIpc) is 3.27. The summed E-state index contributed by atoms with van der Waals surface area (Å²) < 4.78 is 48.5. The lowest BCUT2D eigenvalue weighted by Crippen LogP contribution is -2.40. The van der Waals surface area contributed by atoms with Gasteiger partial charge in [0.15, 0.2) is 0 Å². The zero-order valence-electron chi connectivity index (χ0n) is 20.7. The van der Waals surface area contributed by atoms with Crippen LogP contribution in [-0.4, -0.2) is 45.5 Å². The van der Waals surface area contributed by atoms with E-state index in [2.05, 4.69) is 15.3 Å². The number of ether oxygens (including phenoxy) is 1. The zero-order chi connectivity index (χ0) is 26.4. The number of rotatable bonds is 6. The molecule has 1 amide bonds. The second-order valence-electron chi connectivity index (χ2n) is 9.09. The summed E-state index contributed by atoms with van der Waals surface area (Å²) in [6.07, 6.45) is -2.51. The highest BCUT2D eigenvalue weighted by Crippen LogP contribution is 2.36. The maximum absolute atomic E-state index is 14.8. The number of anilines is 1. The van der Waals surface area contributed by atoms with E-state index in [0.29, 0.717) is 41.2 Å². The first-order valence-electron chi connectivity index (χ1n) is 11.5. The quantitative estimate of drug-likeness (QED) is 0.548. The van der Waals surface area contributed by atoms with Gasteiger partial charge in [-0.1, -0.05) is 18.2 Å². The first-order valence-corrected chi connectivity index (χ1v) is 11.5. The van der Waals surface area contributed by atoms with Crippen molar-refractivity contribution in [1.82, 2.24) is 19.4 Å². The molecule has 1 fully saturated rings. The number of fused-ring (bicyclic) bond motifs is 1. The van der Waals surface area contributed by atoms with Crippen molar-refractivity contribution in [3.8, 4) is 0 Å². The average molecular weight is 504 g/mol. The van der Waals surface area contributed by atoms with Gasteiger partial charge in [0.05, 0.1) is 29.1 Å². The fourth-order valence-electron chi connectivity index (χ4n) is 4.78. The second-order valence-corrected chi connectivity index (χ2v) is 9.09. The number of methoxy groups -OCH3 is 1. The number of aromatic nitrogens is 3. The number of halogens is 3. The Kier molecular flexibility index (Phi) is 6.78. The minimum Gasteiger partial charge on any atom is -0.371 e. The molecule has 2 atom stereocenters. The number of nitrogens with one attached hydrogen (secondary N) is 1. The molecule has 192 valence electrons. The summed E-state index contributed by atoms with van der Waals surface area (Å²) in [7, 11) is 3.08. The molecule has 0 saturated carbocycles. The lowest BCUT2D eigenvalue weighted by Gasteiger charge is -2.28. The molecule has 3 heterocycles. The molecule has 1 N–H and O–H groups in total. The number of pyridine rings is 1. The summed E-state index contributed by atoms with van der Waals surface area (Å²) in [4.78, 5) is 35.9. The molecule has 4 rings (SSSR count). The maximum Gasteiger partial charge on any atom is 0.266 e. The van der Waals surface area contributed by atoms with Gasteiger partial charge in [0.1, 0.15) is 28.7 Å². The Balaban J connectivity index is 1.84. The van der Waals surface area contributed by atoms with E-state index in [9.17, 15) is 22.8 Å². The largest absolute Gasteiger partial charge is 0.371 e. The van der Waals surface area contributed by atoms with E-state index in [1.54, 1.807) is 31.9 Å². The van der Waals surface area contributed by atoms with Gasteiger partial charge in [-0.25, -0.2) is 23.1 Å². The van der Waals surface area contributed by atoms with Gasteiger partial charge < -0.3 is 15.0 Å². The van der Waals surface area contributed by atoms with Crippen molar-refractivity contribution in [2.75, 3.05) is 25.5 Å². The van der Waals surface area contributed by atoms with Crippen LogP contribution in [0.25, 0.3) is 11.0 Å². The molecule has 3 aromatic rings. The van der Waals surface area contributed by atoms with Crippen LogP contribution < -0.4 is 10.9 Å². The molecule has 0 radical (unpaired) electrons. The first kappa shape index (κ1) is 25.6. The Morgan fingerprint density at radius 2 is 1.94 bits per heavy atom. The van der Waals surface area contributed by atoms with Crippen LogP contribution in [0.5, 0.6) is 0 Å². The van der Waals surface area contributed by atoms with Crippen LogP contribution in [0.3, 0.4) is 0 Å². The second kappa shape index (κ2) is 9.53. The van der Waals surface area contributed by atoms with Crippen LogP contribution in [0.15, 0.2) is 29.1 Å². The Morgan fingerprint density at radius 1 is 1.25 bits per heavy atom. The lowest BCUT2D eigenvalue weighted by molar-refractivity contribution is -0.129. The highest BCUT2D eigenvalue weighted by atomic mass is 19.3. The van der Waals surface area contributed by atoms with Gasteiger partial charge in [0, 0.05) is 39.6 Å². The minimum absolute atomic E-state index is 0.0588. The highest BCUT2D eigenvalue weighted by Gasteiger charge is 2.43. The van der Waals surface area contributed by atoms with E-state index in [-0.39, 0.29) is 23.6 Å². The van der Waals surface area contributed by atoms with Crippen molar-refractivity contribution < 1.29 is 22.7 Å². The van der Waals surface area contributed by atoms with E-state index in [1.807, 2.05) is 0 Å². The van der Waals surface area contributed by atoms with Gasteiger partial charge in [0.25, 0.3) is 12.0 Å². The van der Waals surface area contributed by atoms with Gasteiger partial charge in [-0.05, 0) is 19.9 Å². The van der Waals surface area contributed by atoms with E-state index < -0.39 is 29.4 Å². The molecule has 1 aliphatic rings. The van der Waals surface area contributed by atoms with Crippen LogP contribution in [-0.2, 0) is 22.2 Å². The van der Waals surface area contributed by atoms with E-state index in [1.165, 1.54) is 30.7 Å². The third kappa shape index (κ3) is 4.32. The Morgan fingerprint density at radius 3 is 2.56 bits per heavy atom. The summed E-state index contributed by atoms with van der Waals surface area (Å²) >= 11 is 0. The monoisotopic (exact) mass is 503 g/mol. The Hall–Kier alpha value is -3.47. The van der Waals surface area contributed by atoms with Gasteiger partial charge in [-0.2, -0.15) is 0 Å². The molecule has 1 saturated heterocycles. The van der Waals surface area contributed by atoms with Crippen LogP contribution >= 0.6 is 0 Å². The van der Waals surface area contributed by atoms with Crippen molar-refractivity contribution in [2.24, 2.45) is 7.05 Å². The number of aryl methyl sites for hydroxylation is 2. The van der Waals surface area contributed by atoms with Crippen LogP contribution in [0.2, 0.25) is 0 Å². The van der Waals surface area contributed by atoms with Gasteiger partial charge in [0.2, 0.25) is 5.91 Å². The number of hydrogen-bond donors (Lipinski definition) is 1.